The van der Waals surface area contributed by atoms with E-state index in [1.165, 1.54) is 12.1 Å². The SMILES string of the molecule is OC1(C(F)(F)F)CSC(Nc2ccccc2)=[N+]1c1ccccc1. The van der Waals surface area contributed by atoms with E-state index in [1.807, 2.05) is 6.07 Å². The van der Waals surface area contributed by atoms with E-state index in [4.69, 9.17) is 0 Å². The molecule has 23 heavy (non-hydrogen) atoms. The van der Waals surface area contributed by atoms with E-state index in [2.05, 4.69) is 5.32 Å². The third-order valence-electron chi connectivity index (χ3n) is 3.48. The molecule has 2 N–H and O–H groups in total. The van der Waals surface area contributed by atoms with Crippen LogP contribution < -0.4 is 5.32 Å². The van der Waals surface area contributed by atoms with Crippen LogP contribution in [0.15, 0.2) is 60.7 Å². The topological polar surface area (TPSA) is 35.3 Å². The van der Waals surface area contributed by atoms with Gasteiger partial charge in [0.05, 0.1) is 5.75 Å². The molecule has 0 aliphatic carbocycles. The molecule has 1 aliphatic rings. The number of nitrogens with one attached hydrogen (secondary N) is 1. The van der Waals surface area contributed by atoms with Gasteiger partial charge in [-0.2, -0.15) is 17.7 Å². The Bertz CT molecular complexity index is 719. The first-order chi connectivity index (χ1) is 10.9. The van der Waals surface area contributed by atoms with Crippen molar-refractivity contribution in [1.82, 2.24) is 0 Å². The summed E-state index contributed by atoms with van der Waals surface area (Å²) in [4.78, 5) is 0. The standard InChI is InChI=1S/C16H13F3N2OS/c17-16(18,19)15(22)11-23-14(20-12-7-3-1-4-8-12)21(15)13-9-5-2-6-10-13/h1-10,22H,11H2/p+1. The van der Waals surface area contributed by atoms with Crippen LogP contribution >= 0.6 is 11.8 Å². The third kappa shape index (κ3) is 2.94. The normalized spacial score (nSPS) is 21.6. The molecule has 2 aromatic rings. The number of anilines is 1. The maximum Gasteiger partial charge on any atom is 0.460 e. The number of amidine groups is 1. The number of benzene rings is 2. The molecular weight excluding hydrogens is 325 g/mol. The van der Waals surface area contributed by atoms with Crippen molar-refractivity contribution < 1.29 is 22.9 Å². The monoisotopic (exact) mass is 339 g/mol. The van der Waals surface area contributed by atoms with Crippen LogP contribution in [0.2, 0.25) is 0 Å². The van der Waals surface area contributed by atoms with E-state index in [0.717, 1.165) is 16.3 Å². The lowest BCUT2D eigenvalue weighted by atomic mass is 10.2. The van der Waals surface area contributed by atoms with Gasteiger partial charge in [-0.1, -0.05) is 36.4 Å². The molecule has 1 heterocycles. The maximum atomic E-state index is 13.4. The molecule has 3 rings (SSSR count). The van der Waals surface area contributed by atoms with Crippen LogP contribution in [-0.4, -0.2) is 32.5 Å². The van der Waals surface area contributed by atoms with Crippen molar-refractivity contribution in [2.24, 2.45) is 0 Å². The highest BCUT2D eigenvalue weighted by Gasteiger charge is 2.64. The average molecular weight is 339 g/mol. The molecule has 0 bridgehead atoms. The van der Waals surface area contributed by atoms with Crippen LogP contribution in [-0.2, 0) is 0 Å². The fourth-order valence-corrected chi connectivity index (χ4v) is 3.53. The summed E-state index contributed by atoms with van der Waals surface area (Å²) in [5.74, 6) is -0.499. The lowest BCUT2D eigenvalue weighted by molar-refractivity contribution is -0.629. The zero-order chi connectivity index (χ0) is 16.5. The van der Waals surface area contributed by atoms with Crippen LogP contribution in [0.1, 0.15) is 0 Å². The third-order valence-corrected chi connectivity index (χ3v) is 4.58. The van der Waals surface area contributed by atoms with Gasteiger partial charge in [0.25, 0.3) is 0 Å². The predicted octanol–water partition coefficient (Wildman–Crippen LogP) is 3.80. The molecule has 0 saturated heterocycles. The number of halogens is 3. The first-order valence-corrected chi connectivity index (χ1v) is 7.86. The Hall–Kier alpha value is -1.99. The fourth-order valence-electron chi connectivity index (χ4n) is 2.32. The average Bonchev–Trinajstić information content (AvgIpc) is 2.87. The lowest BCUT2D eigenvalue weighted by Gasteiger charge is -2.25. The highest BCUT2D eigenvalue weighted by Crippen LogP contribution is 2.42. The molecule has 120 valence electrons. The number of rotatable bonds is 2. The second-order valence-corrected chi connectivity index (χ2v) is 6.03. The number of aliphatic hydroxyl groups is 1. The minimum absolute atomic E-state index is 0.238. The van der Waals surface area contributed by atoms with E-state index in [0.29, 0.717) is 5.69 Å². The Morgan fingerprint density at radius 1 is 1.00 bits per heavy atom. The highest BCUT2D eigenvalue weighted by molar-refractivity contribution is 8.14. The molecule has 0 fully saturated rings. The van der Waals surface area contributed by atoms with Crippen LogP contribution in [0.4, 0.5) is 24.5 Å². The molecule has 2 aromatic carbocycles. The summed E-state index contributed by atoms with van der Waals surface area (Å²) in [7, 11) is 0. The van der Waals surface area contributed by atoms with Crippen molar-refractivity contribution in [1.29, 1.82) is 0 Å². The van der Waals surface area contributed by atoms with Gasteiger partial charge in [-0.15, -0.1) is 0 Å². The second-order valence-electron chi connectivity index (χ2n) is 5.07. The van der Waals surface area contributed by atoms with Crippen molar-refractivity contribution >= 4 is 28.3 Å². The molecule has 0 amide bonds. The van der Waals surface area contributed by atoms with E-state index >= 15 is 0 Å². The fraction of sp³-hybridized carbons (Fsp3) is 0.188. The molecule has 0 spiro atoms. The Labute approximate surface area is 135 Å². The molecule has 1 atom stereocenters. The van der Waals surface area contributed by atoms with Gasteiger partial charge in [0.1, 0.15) is 11.4 Å². The molecule has 0 radical (unpaired) electrons. The smallest absolute Gasteiger partial charge is 0.345 e. The van der Waals surface area contributed by atoms with Crippen molar-refractivity contribution in [3.8, 4) is 0 Å². The van der Waals surface area contributed by atoms with E-state index < -0.39 is 17.7 Å². The van der Waals surface area contributed by atoms with Gasteiger partial charge in [-0.05, 0) is 36.0 Å². The van der Waals surface area contributed by atoms with E-state index in [1.54, 1.807) is 42.5 Å². The number of para-hydroxylation sites is 2. The maximum absolute atomic E-state index is 13.4. The minimum Gasteiger partial charge on any atom is -0.345 e. The minimum atomic E-state index is -4.78. The number of hydrogen-bond acceptors (Lipinski definition) is 3. The number of thioether (sulfide) groups is 1. The zero-order valence-electron chi connectivity index (χ0n) is 11.9. The van der Waals surface area contributed by atoms with Gasteiger partial charge >= 0.3 is 17.1 Å². The van der Waals surface area contributed by atoms with Gasteiger partial charge in [0.15, 0.2) is 0 Å². The van der Waals surface area contributed by atoms with Crippen molar-refractivity contribution in [2.75, 3.05) is 11.1 Å². The highest BCUT2D eigenvalue weighted by atomic mass is 32.2. The summed E-state index contributed by atoms with van der Waals surface area (Å²) in [6.07, 6.45) is -4.78. The molecule has 7 heteroatoms. The number of hydrogen-bond donors (Lipinski definition) is 2. The summed E-state index contributed by atoms with van der Waals surface area (Å²) in [6.45, 7) is 0. The van der Waals surface area contributed by atoms with Crippen molar-refractivity contribution in [3.63, 3.8) is 0 Å². The number of alkyl halides is 3. The van der Waals surface area contributed by atoms with Crippen molar-refractivity contribution in [2.45, 2.75) is 11.9 Å². The molecule has 0 aromatic heterocycles. The summed E-state index contributed by atoms with van der Waals surface area (Å²) < 4.78 is 41.2. The Kier molecular flexibility index (Phi) is 4.08. The van der Waals surface area contributed by atoms with Gasteiger partial charge in [0, 0.05) is 0 Å². The molecule has 1 aliphatic heterocycles. The van der Waals surface area contributed by atoms with Gasteiger partial charge in [-0.3, -0.25) is 0 Å². The van der Waals surface area contributed by atoms with Crippen LogP contribution in [0.3, 0.4) is 0 Å². The first-order valence-electron chi connectivity index (χ1n) is 6.88. The van der Waals surface area contributed by atoms with Crippen LogP contribution in [0.5, 0.6) is 0 Å². The second kappa shape index (κ2) is 5.90. The largest absolute Gasteiger partial charge is 0.460 e. The summed E-state index contributed by atoms with van der Waals surface area (Å²) in [6, 6.07) is 16.9. The summed E-state index contributed by atoms with van der Waals surface area (Å²) >= 11 is 0.935. The van der Waals surface area contributed by atoms with Crippen LogP contribution in [0.25, 0.3) is 0 Å². The summed E-state index contributed by atoms with van der Waals surface area (Å²) in [5.41, 5.74) is -2.02. The molecule has 3 nitrogen and oxygen atoms in total. The number of nitrogens with zero attached hydrogens (tertiary/aromatic N) is 1. The van der Waals surface area contributed by atoms with Gasteiger partial charge in [0.2, 0.25) is 0 Å². The zero-order valence-corrected chi connectivity index (χ0v) is 12.7. The molecule has 0 saturated carbocycles. The predicted molar refractivity (Wildman–Crippen MR) is 84.9 cm³/mol. The molecular formula is C16H14F3N2OS+. The Morgan fingerprint density at radius 2 is 1.57 bits per heavy atom. The summed E-state index contributed by atoms with van der Waals surface area (Å²) in [5, 5.41) is 13.5. The van der Waals surface area contributed by atoms with Gasteiger partial charge in [-0.25, -0.2) is 5.32 Å². The van der Waals surface area contributed by atoms with E-state index in [-0.39, 0.29) is 10.9 Å². The first kappa shape index (κ1) is 15.9. The van der Waals surface area contributed by atoms with E-state index in [9.17, 15) is 18.3 Å². The lowest BCUT2D eigenvalue weighted by Crippen LogP contribution is -2.53. The molecule has 1 unspecified atom stereocenters. The Morgan fingerprint density at radius 3 is 2.13 bits per heavy atom. The quantitative estimate of drug-likeness (QED) is 0.817. The Balaban J connectivity index is 2.10. The van der Waals surface area contributed by atoms with Crippen LogP contribution in [0, 0.1) is 0 Å². The van der Waals surface area contributed by atoms with Crippen molar-refractivity contribution in [3.05, 3.63) is 60.7 Å². The van der Waals surface area contributed by atoms with Gasteiger partial charge < -0.3 is 5.11 Å².